The van der Waals surface area contributed by atoms with Gasteiger partial charge in [-0.2, -0.15) is 0 Å². The topological polar surface area (TPSA) is 67.2 Å². The first-order valence-electron chi connectivity index (χ1n) is 7.86. The molecule has 1 fully saturated rings. The molecule has 0 radical (unpaired) electrons. The molecule has 0 spiro atoms. The van der Waals surface area contributed by atoms with Crippen molar-refractivity contribution in [1.29, 1.82) is 0 Å². The Morgan fingerprint density at radius 2 is 2.22 bits per heavy atom. The zero-order valence-electron chi connectivity index (χ0n) is 13.1. The van der Waals surface area contributed by atoms with Crippen LogP contribution in [-0.4, -0.2) is 39.0 Å². The van der Waals surface area contributed by atoms with Crippen molar-refractivity contribution in [3.05, 3.63) is 42.2 Å². The largest absolute Gasteiger partial charge is 0.391 e. The standard InChI is InChI=1S/C17H21N3O2S/c1-23-17-18-9-10-20(17)13-6-4-5-12(11-13)16(22)19-14-7-2-3-8-15(14)21/h4-6,9-11,14-15,21H,2-3,7-8H2,1H3,(H,19,22). The van der Waals surface area contributed by atoms with Crippen LogP contribution in [0.5, 0.6) is 0 Å². The third kappa shape index (κ3) is 3.59. The van der Waals surface area contributed by atoms with E-state index in [0.717, 1.165) is 36.5 Å². The van der Waals surface area contributed by atoms with E-state index in [2.05, 4.69) is 10.3 Å². The van der Waals surface area contributed by atoms with Gasteiger partial charge in [-0.15, -0.1) is 0 Å². The van der Waals surface area contributed by atoms with Crippen molar-refractivity contribution in [3.63, 3.8) is 0 Å². The van der Waals surface area contributed by atoms with Crippen molar-refractivity contribution in [2.75, 3.05) is 6.26 Å². The number of rotatable bonds is 4. The van der Waals surface area contributed by atoms with Crippen LogP contribution in [0.4, 0.5) is 0 Å². The van der Waals surface area contributed by atoms with Gasteiger partial charge in [0.2, 0.25) is 0 Å². The van der Waals surface area contributed by atoms with E-state index < -0.39 is 6.10 Å². The highest BCUT2D eigenvalue weighted by Crippen LogP contribution is 2.21. The van der Waals surface area contributed by atoms with Crippen LogP contribution in [0.3, 0.4) is 0 Å². The van der Waals surface area contributed by atoms with Crippen LogP contribution >= 0.6 is 11.8 Å². The number of carbonyl (C=O) groups excluding carboxylic acids is 1. The molecule has 2 unspecified atom stereocenters. The second kappa shape index (κ2) is 7.19. The molecule has 2 aromatic rings. The Morgan fingerprint density at radius 3 is 3.00 bits per heavy atom. The van der Waals surface area contributed by atoms with E-state index in [0.29, 0.717) is 5.56 Å². The number of benzene rings is 1. The monoisotopic (exact) mass is 331 g/mol. The molecule has 1 heterocycles. The van der Waals surface area contributed by atoms with Gasteiger partial charge in [0, 0.05) is 23.6 Å². The predicted octanol–water partition coefficient (Wildman–Crippen LogP) is 2.63. The van der Waals surface area contributed by atoms with Gasteiger partial charge in [0.25, 0.3) is 5.91 Å². The highest BCUT2D eigenvalue weighted by Gasteiger charge is 2.24. The number of hydrogen-bond donors (Lipinski definition) is 2. The number of nitrogens with one attached hydrogen (secondary N) is 1. The van der Waals surface area contributed by atoms with Crippen molar-refractivity contribution in [2.45, 2.75) is 43.0 Å². The van der Waals surface area contributed by atoms with Crippen LogP contribution < -0.4 is 5.32 Å². The number of amides is 1. The van der Waals surface area contributed by atoms with E-state index in [1.807, 2.05) is 35.2 Å². The lowest BCUT2D eigenvalue weighted by Crippen LogP contribution is -2.45. The van der Waals surface area contributed by atoms with Gasteiger partial charge in [-0.05, 0) is 37.3 Å². The van der Waals surface area contributed by atoms with E-state index >= 15 is 0 Å². The lowest BCUT2D eigenvalue weighted by molar-refractivity contribution is 0.0717. The molecule has 1 aromatic carbocycles. The molecule has 1 aromatic heterocycles. The van der Waals surface area contributed by atoms with Gasteiger partial charge in [0.1, 0.15) is 0 Å². The molecule has 23 heavy (non-hydrogen) atoms. The molecule has 1 amide bonds. The van der Waals surface area contributed by atoms with Gasteiger partial charge >= 0.3 is 0 Å². The van der Waals surface area contributed by atoms with Gasteiger partial charge in [-0.3, -0.25) is 9.36 Å². The number of carbonyl (C=O) groups is 1. The first kappa shape index (κ1) is 16.1. The van der Waals surface area contributed by atoms with Crippen LogP contribution in [-0.2, 0) is 0 Å². The minimum Gasteiger partial charge on any atom is -0.391 e. The molecule has 0 bridgehead atoms. The number of aliphatic hydroxyl groups excluding tert-OH is 1. The molecule has 3 rings (SSSR count). The normalized spacial score (nSPS) is 21.1. The maximum absolute atomic E-state index is 12.5. The smallest absolute Gasteiger partial charge is 0.251 e. The molecule has 5 nitrogen and oxygen atoms in total. The first-order chi connectivity index (χ1) is 11.2. The number of hydrogen-bond acceptors (Lipinski definition) is 4. The maximum Gasteiger partial charge on any atom is 0.251 e. The molecule has 0 aliphatic heterocycles. The van der Waals surface area contributed by atoms with Gasteiger partial charge in [0.05, 0.1) is 12.1 Å². The third-order valence-corrected chi connectivity index (χ3v) is 4.89. The Balaban J connectivity index is 1.78. The van der Waals surface area contributed by atoms with Crippen LogP contribution in [0.15, 0.2) is 41.8 Å². The summed E-state index contributed by atoms with van der Waals surface area (Å²) >= 11 is 1.56. The van der Waals surface area contributed by atoms with Crippen molar-refractivity contribution in [1.82, 2.24) is 14.9 Å². The Hall–Kier alpha value is -1.79. The fraction of sp³-hybridized carbons (Fsp3) is 0.412. The minimum atomic E-state index is -0.437. The van der Waals surface area contributed by atoms with Crippen molar-refractivity contribution < 1.29 is 9.90 Å². The summed E-state index contributed by atoms with van der Waals surface area (Å²) in [6.07, 6.45) is 8.84. The van der Waals surface area contributed by atoms with Gasteiger partial charge < -0.3 is 10.4 Å². The molecular weight excluding hydrogens is 310 g/mol. The van der Waals surface area contributed by atoms with E-state index in [-0.39, 0.29) is 11.9 Å². The number of imidazole rings is 1. The van der Waals surface area contributed by atoms with E-state index in [1.165, 1.54) is 0 Å². The Labute approximate surface area is 140 Å². The summed E-state index contributed by atoms with van der Waals surface area (Å²) < 4.78 is 1.96. The summed E-state index contributed by atoms with van der Waals surface area (Å²) in [4.78, 5) is 16.8. The van der Waals surface area contributed by atoms with Crippen molar-refractivity contribution in [2.24, 2.45) is 0 Å². The number of thioether (sulfide) groups is 1. The van der Waals surface area contributed by atoms with E-state index in [9.17, 15) is 9.90 Å². The number of aliphatic hydroxyl groups is 1. The highest BCUT2D eigenvalue weighted by atomic mass is 32.2. The Bertz CT molecular complexity index is 686. The second-order valence-electron chi connectivity index (χ2n) is 5.77. The summed E-state index contributed by atoms with van der Waals surface area (Å²) in [5.41, 5.74) is 1.50. The molecule has 0 saturated heterocycles. The Morgan fingerprint density at radius 1 is 1.39 bits per heavy atom. The van der Waals surface area contributed by atoms with Crippen LogP contribution in [0.1, 0.15) is 36.0 Å². The summed E-state index contributed by atoms with van der Waals surface area (Å²) in [5, 5.41) is 13.9. The summed E-state index contributed by atoms with van der Waals surface area (Å²) in [5.74, 6) is -0.136. The summed E-state index contributed by atoms with van der Waals surface area (Å²) in [7, 11) is 0. The van der Waals surface area contributed by atoms with Gasteiger partial charge in [0.15, 0.2) is 5.16 Å². The Kier molecular flexibility index (Phi) is 5.03. The molecule has 1 aliphatic carbocycles. The molecule has 2 atom stereocenters. The summed E-state index contributed by atoms with van der Waals surface area (Å²) in [6.45, 7) is 0. The first-order valence-corrected chi connectivity index (χ1v) is 9.08. The predicted molar refractivity (Wildman–Crippen MR) is 91.1 cm³/mol. The lowest BCUT2D eigenvalue weighted by atomic mass is 9.92. The lowest BCUT2D eigenvalue weighted by Gasteiger charge is -2.28. The summed E-state index contributed by atoms with van der Waals surface area (Å²) in [6, 6.07) is 7.32. The molecule has 122 valence electrons. The average molecular weight is 331 g/mol. The fourth-order valence-electron chi connectivity index (χ4n) is 2.97. The molecule has 2 N–H and O–H groups in total. The van der Waals surface area contributed by atoms with Crippen molar-refractivity contribution >= 4 is 17.7 Å². The zero-order chi connectivity index (χ0) is 16.2. The molecule has 6 heteroatoms. The van der Waals surface area contributed by atoms with Crippen LogP contribution in [0.2, 0.25) is 0 Å². The number of nitrogens with zero attached hydrogens (tertiary/aromatic N) is 2. The minimum absolute atomic E-state index is 0.136. The zero-order valence-corrected chi connectivity index (χ0v) is 13.9. The molecular formula is C17H21N3O2S. The van der Waals surface area contributed by atoms with E-state index in [4.69, 9.17) is 0 Å². The third-order valence-electron chi connectivity index (χ3n) is 4.22. The SMILES string of the molecule is CSc1nccn1-c1cccc(C(=O)NC2CCCCC2O)c1. The average Bonchev–Trinajstić information content (AvgIpc) is 3.06. The fourth-order valence-corrected chi connectivity index (χ4v) is 3.49. The van der Waals surface area contributed by atoms with E-state index in [1.54, 1.807) is 24.0 Å². The molecule has 1 aliphatic rings. The quantitative estimate of drug-likeness (QED) is 0.845. The van der Waals surface area contributed by atoms with Gasteiger partial charge in [-0.1, -0.05) is 30.7 Å². The molecule has 1 saturated carbocycles. The second-order valence-corrected chi connectivity index (χ2v) is 6.54. The van der Waals surface area contributed by atoms with Gasteiger partial charge in [-0.25, -0.2) is 4.98 Å². The highest BCUT2D eigenvalue weighted by molar-refractivity contribution is 7.98. The van der Waals surface area contributed by atoms with Crippen molar-refractivity contribution in [3.8, 4) is 5.69 Å². The number of aromatic nitrogens is 2. The maximum atomic E-state index is 12.5. The van der Waals surface area contributed by atoms with Crippen LogP contribution in [0, 0.1) is 0 Å². The van der Waals surface area contributed by atoms with Crippen LogP contribution in [0.25, 0.3) is 5.69 Å².